The third-order valence-electron chi connectivity index (χ3n) is 7.21. The Hall–Kier alpha value is -2.93. The van der Waals surface area contributed by atoms with Gasteiger partial charge in [0.15, 0.2) is 0 Å². The van der Waals surface area contributed by atoms with Crippen molar-refractivity contribution >= 4 is 23.2 Å². The predicted octanol–water partition coefficient (Wildman–Crippen LogP) is 5.17. The number of rotatable bonds is 5. The summed E-state index contributed by atoms with van der Waals surface area (Å²) in [7, 11) is 0. The third-order valence-corrected chi connectivity index (χ3v) is 8.10. The first-order valence-corrected chi connectivity index (χ1v) is 13.1. The van der Waals surface area contributed by atoms with E-state index < -0.39 is 5.54 Å². The van der Waals surface area contributed by atoms with E-state index in [1.807, 2.05) is 61.7 Å². The molecule has 1 N–H and O–H groups in total. The molecule has 1 aliphatic heterocycles. The lowest BCUT2D eigenvalue weighted by molar-refractivity contribution is -0.134. The molecule has 3 heterocycles. The van der Waals surface area contributed by atoms with Crippen molar-refractivity contribution in [3.05, 3.63) is 64.7 Å². The zero-order valence-electron chi connectivity index (χ0n) is 19.9. The molecule has 1 atom stereocenters. The number of fused-ring (bicyclic) bond motifs is 1. The van der Waals surface area contributed by atoms with Gasteiger partial charge < -0.3 is 10.2 Å². The molecule has 2 amide bonds. The van der Waals surface area contributed by atoms with Crippen molar-refractivity contribution in [3.63, 3.8) is 0 Å². The number of carbonyl (C=O) groups excluding carboxylic acids is 2. The molecule has 5 rings (SSSR count). The van der Waals surface area contributed by atoms with Gasteiger partial charge >= 0.3 is 0 Å². The van der Waals surface area contributed by atoms with Crippen LogP contribution in [0.3, 0.4) is 0 Å². The van der Waals surface area contributed by atoms with Gasteiger partial charge in [0.2, 0.25) is 5.91 Å². The average Bonchev–Trinajstić information content (AvgIpc) is 3.43. The van der Waals surface area contributed by atoms with E-state index in [1.165, 1.54) is 18.4 Å². The topological polar surface area (TPSA) is 67.2 Å². The Morgan fingerprint density at radius 3 is 2.56 bits per heavy atom. The molecule has 0 radical (unpaired) electrons. The molecule has 1 unspecified atom stereocenters. The van der Waals surface area contributed by atoms with Gasteiger partial charge in [-0.05, 0) is 49.8 Å². The summed E-state index contributed by atoms with van der Waals surface area (Å²) in [5, 5.41) is 10.0. The van der Waals surface area contributed by atoms with Crippen LogP contribution in [-0.2, 0) is 17.9 Å². The van der Waals surface area contributed by atoms with Crippen LogP contribution in [-0.4, -0.2) is 38.1 Å². The summed E-state index contributed by atoms with van der Waals surface area (Å²) in [6.45, 7) is 4.66. The van der Waals surface area contributed by atoms with Crippen molar-refractivity contribution in [2.45, 2.75) is 77.0 Å². The number of hydrogen-bond acceptors (Lipinski definition) is 4. The highest BCUT2D eigenvalue weighted by molar-refractivity contribution is 7.13. The van der Waals surface area contributed by atoms with Crippen LogP contribution in [0.15, 0.2) is 47.8 Å². The molecule has 2 aromatic heterocycles. The van der Waals surface area contributed by atoms with Gasteiger partial charge in [-0.2, -0.15) is 5.10 Å². The summed E-state index contributed by atoms with van der Waals surface area (Å²) in [5.41, 5.74) is 2.47. The van der Waals surface area contributed by atoms with Crippen molar-refractivity contribution in [2.75, 3.05) is 0 Å². The first-order valence-electron chi connectivity index (χ1n) is 12.2. The summed E-state index contributed by atoms with van der Waals surface area (Å²) in [6, 6.07) is 14.2. The molecule has 0 spiro atoms. The number of aryl methyl sites for hydroxylation is 1. The van der Waals surface area contributed by atoms with Crippen LogP contribution < -0.4 is 5.32 Å². The number of thiophene rings is 1. The van der Waals surface area contributed by atoms with Gasteiger partial charge in [0.05, 0.1) is 11.4 Å². The zero-order chi connectivity index (χ0) is 23.7. The molecule has 3 aromatic rings. The minimum absolute atomic E-state index is 0.0846. The lowest BCUT2D eigenvalue weighted by atomic mass is 9.93. The minimum atomic E-state index is -1.03. The molecule has 6 nitrogen and oxygen atoms in total. The second kappa shape index (κ2) is 9.37. The SMILES string of the molecule is Cc1ccc(CN2C(=O)c3cc(-c4cccs4)nn3CC2(C)C(=O)NC2CCCCCC2)cc1. The Morgan fingerprint density at radius 2 is 1.88 bits per heavy atom. The van der Waals surface area contributed by atoms with Crippen LogP contribution in [0.4, 0.5) is 0 Å². The van der Waals surface area contributed by atoms with E-state index in [9.17, 15) is 9.59 Å². The maximum Gasteiger partial charge on any atom is 0.273 e. The van der Waals surface area contributed by atoms with E-state index in [2.05, 4.69) is 5.32 Å². The van der Waals surface area contributed by atoms with E-state index in [4.69, 9.17) is 5.10 Å². The van der Waals surface area contributed by atoms with Crippen LogP contribution in [0.25, 0.3) is 10.6 Å². The molecular weight excluding hydrogens is 444 g/mol. The van der Waals surface area contributed by atoms with Crippen LogP contribution in [0.5, 0.6) is 0 Å². The summed E-state index contributed by atoms with van der Waals surface area (Å²) >= 11 is 1.60. The molecule has 0 bridgehead atoms. The van der Waals surface area contributed by atoms with E-state index >= 15 is 0 Å². The molecular formula is C27H32N4O2S. The minimum Gasteiger partial charge on any atom is -0.351 e. The molecule has 1 aliphatic carbocycles. The van der Waals surface area contributed by atoms with Gasteiger partial charge in [0.1, 0.15) is 16.9 Å². The number of benzene rings is 1. The second-order valence-electron chi connectivity index (χ2n) is 9.86. The summed E-state index contributed by atoms with van der Waals surface area (Å²) in [5.74, 6) is -0.237. The Bertz CT molecular complexity index is 1160. The Kier molecular flexibility index (Phi) is 6.30. The fraction of sp³-hybridized carbons (Fsp3) is 0.444. The quantitative estimate of drug-likeness (QED) is 0.517. The normalized spacial score (nSPS) is 21.2. The first-order chi connectivity index (χ1) is 16.4. The van der Waals surface area contributed by atoms with Crippen molar-refractivity contribution in [1.29, 1.82) is 0 Å². The summed E-state index contributed by atoms with van der Waals surface area (Å²) in [6.07, 6.45) is 6.74. The number of carbonyl (C=O) groups is 2. The summed E-state index contributed by atoms with van der Waals surface area (Å²) < 4.78 is 1.73. The van der Waals surface area contributed by atoms with E-state index in [-0.39, 0.29) is 17.9 Å². The molecule has 1 saturated carbocycles. The molecule has 1 fully saturated rings. The van der Waals surface area contributed by atoms with Crippen LogP contribution >= 0.6 is 11.3 Å². The number of nitrogens with one attached hydrogen (secondary N) is 1. The molecule has 2 aliphatic rings. The molecule has 178 valence electrons. The zero-order valence-corrected chi connectivity index (χ0v) is 20.7. The van der Waals surface area contributed by atoms with Crippen molar-refractivity contribution < 1.29 is 9.59 Å². The largest absolute Gasteiger partial charge is 0.351 e. The lowest BCUT2D eigenvalue weighted by Crippen LogP contribution is -2.64. The monoisotopic (exact) mass is 476 g/mol. The van der Waals surface area contributed by atoms with E-state index in [0.29, 0.717) is 18.8 Å². The molecule has 0 saturated heterocycles. The standard InChI is InChI=1S/C27H32N4O2S/c1-19-11-13-20(14-12-19)17-30-25(32)23-16-22(24-10-7-15-34-24)29-31(23)18-27(30,2)26(33)28-21-8-5-3-4-6-9-21/h7,10-16,21H,3-6,8-9,17-18H2,1-2H3,(H,28,33). The maximum atomic E-state index is 13.8. The number of aromatic nitrogens is 2. The molecule has 1 aromatic carbocycles. The van der Waals surface area contributed by atoms with Crippen LogP contribution in [0.1, 0.15) is 67.1 Å². The number of hydrogen-bond donors (Lipinski definition) is 1. The predicted molar refractivity (Wildman–Crippen MR) is 135 cm³/mol. The van der Waals surface area contributed by atoms with Crippen molar-refractivity contribution in [2.24, 2.45) is 0 Å². The summed E-state index contributed by atoms with van der Waals surface area (Å²) in [4.78, 5) is 30.4. The lowest BCUT2D eigenvalue weighted by Gasteiger charge is -2.44. The van der Waals surface area contributed by atoms with Gasteiger partial charge in [0.25, 0.3) is 5.91 Å². The van der Waals surface area contributed by atoms with Crippen LogP contribution in [0, 0.1) is 6.92 Å². The highest BCUT2D eigenvalue weighted by Crippen LogP contribution is 2.33. The average molecular weight is 477 g/mol. The van der Waals surface area contributed by atoms with E-state index in [0.717, 1.165) is 41.8 Å². The van der Waals surface area contributed by atoms with Gasteiger partial charge in [-0.3, -0.25) is 14.3 Å². The van der Waals surface area contributed by atoms with Crippen molar-refractivity contribution in [1.82, 2.24) is 20.0 Å². The molecule has 7 heteroatoms. The highest BCUT2D eigenvalue weighted by atomic mass is 32.1. The fourth-order valence-electron chi connectivity index (χ4n) is 5.07. The van der Waals surface area contributed by atoms with Gasteiger partial charge in [-0.1, -0.05) is 61.6 Å². The highest BCUT2D eigenvalue weighted by Gasteiger charge is 2.48. The Balaban J connectivity index is 1.49. The first kappa shape index (κ1) is 22.8. The number of nitrogens with zero attached hydrogens (tertiary/aromatic N) is 3. The Morgan fingerprint density at radius 1 is 1.15 bits per heavy atom. The van der Waals surface area contributed by atoms with Crippen LogP contribution in [0.2, 0.25) is 0 Å². The number of amides is 2. The molecule has 34 heavy (non-hydrogen) atoms. The van der Waals surface area contributed by atoms with Gasteiger partial charge in [0, 0.05) is 12.6 Å². The second-order valence-corrected chi connectivity index (χ2v) is 10.8. The Labute approximate surface area is 205 Å². The maximum absolute atomic E-state index is 13.8. The van der Waals surface area contributed by atoms with Crippen molar-refractivity contribution in [3.8, 4) is 10.6 Å². The third kappa shape index (κ3) is 4.41. The van der Waals surface area contributed by atoms with Gasteiger partial charge in [-0.25, -0.2) is 0 Å². The smallest absolute Gasteiger partial charge is 0.273 e. The van der Waals surface area contributed by atoms with Gasteiger partial charge in [-0.15, -0.1) is 11.3 Å². The van der Waals surface area contributed by atoms with E-state index in [1.54, 1.807) is 20.9 Å². The fourth-order valence-corrected chi connectivity index (χ4v) is 5.76.